The molecule has 1 aromatic heterocycles. The topological polar surface area (TPSA) is 113 Å². The molecule has 1 aliphatic rings. The summed E-state index contributed by atoms with van der Waals surface area (Å²) in [6.07, 6.45) is 1.02. The third kappa shape index (κ3) is 3.76. The Labute approximate surface area is 137 Å². The number of benzene rings is 1. The zero-order valence-corrected chi connectivity index (χ0v) is 12.9. The van der Waals surface area contributed by atoms with Gasteiger partial charge in [0.05, 0.1) is 18.1 Å². The van der Waals surface area contributed by atoms with Gasteiger partial charge in [-0.25, -0.2) is 0 Å². The number of H-pyrrole nitrogens is 1. The number of nitro groups is 1. The molecule has 1 aliphatic heterocycles. The van der Waals surface area contributed by atoms with E-state index in [9.17, 15) is 14.9 Å². The number of anilines is 1. The van der Waals surface area contributed by atoms with E-state index < -0.39 is 10.8 Å². The number of morpholine rings is 1. The quantitative estimate of drug-likeness (QED) is 0.632. The van der Waals surface area contributed by atoms with Crippen LogP contribution >= 0.6 is 0 Å². The van der Waals surface area contributed by atoms with Gasteiger partial charge in [-0.2, -0.15) is 5.10 Å². The van der Waals surface area contributed by atoms with E-state index in [1.807, 2.05) is 18.2 Å². The van der Waals surface area contributed by atoms with Gasteiger partial charge in [0.25, 0.3) is 5.91 Å². The van der Waals surface area contributed by atoms with Crippen LogP contribution in [0, 0.1) is 10.1 Å². The molecular formula is C15H17N5O4. The highest BCUT2D eigenvalue weighted by molar-refractivity contribution is 6.05. The molecule has 1 amide bonds. The van der Waals surface area contributed by atoms with Crippen LogP contribution in [0.5, 0.6) is 0 Å². The van der Waals surface area contributed by atoms with Crippen molar-refractivity contribution in [1.29, 1.82) is 0 Å². The first-order chi connectivity index (χ1) is 11.6. The van der Waals surface area contributed by atoms with Gasteiger partial charge in [0, 0.05) is 25.3 Å². The lowest BCUT2D eigenvalue weighted by atomic mass is 10.1. The highest BCUT2D eigenvalue weighted by Crippen LogP contribution is 2.18. The highest BCUT2D eigenvalue weighted by atomic mass is 16.6. The maximum atomic E-state index is 12.2. The molecule has 1 fully saturated rings. The van der Waals surface area contributed by atoms with Crippen molar-refractivity contribution < 1.29 is 14.5 Å². The second kappa shape index (κ2) is 7.20. The number of amides is 1. The highest BCUT2D eigenvalue weighted by Gasteiger charge is 2.22. The summed E-state index contributed by atoms with van der Waals surface area (Å²) < 4.78 is 5.32. The van der Waals surface area contributed by atoms with E-state index >= 15 is 0 Å². The molecule has 0 bridgehead atoms. The number of carbonyl (C=O) groups is 1. The van der Waals surface area contributed by atoms with Crippen molar-refractivity contribution in [2.45, 2.75) is 6.54 Å². The average Bonchev–Trinajstić information content (AvgIpc) is 3.06. The number of hydrogen-bond donors (Lipinski definition) is 2. The van der Waals surface area contributed by atoms with E-state index in [4.69, 9.17) is 4.74 Å². The molecule has 0 spiro atoms. The van der Waals surface area contributed by atoms with E-state index in [0.29, 0.717) is 5.69 Å². The van der Waals surface area contributed by atoms with E-state index in [0.717, 1.165) is 44.6 Å². The van der Waals surface area contributed by atoms with Crippen LogP contribution in [0.25, 0.3) is 0 Å². The second-order valence-electron chi connectivity index (χ2n) is 5.43. The van der Waals surface area contributed by atoms with Gasteiger partial charge in [-0.15, -0.1) is 0 Å². The fourth-order valence-corrected chi connectivity index (χ4v) is 2.54. The summed E-state index contributed by atoms with van der Waals surface area (Å²) >= 11 is 0. The minimum Gasteiger partial charge on any atom is -0.379 e. The van der Waals surface area contributed by atoms with Crippen molar-refractivity contribution in [3.8, 4) is 0 Å². The molecule has 24 heavy (non-hydrogen) atoms. The average molecular weight is 331 g/mol. The molecule has 0 aliphatic carbocycles. The van der Waals surface area contributed by atoms with Gasteiger partial charge in [-0.05, 0) is 17.7 Å². The molecule has 9 heteroatoms. The predicted molar refractivity (Wildman–Crippen MR) is 85.7 cm³/mol. The van der Waals surface area contributed by atoms with Crippen LogP contribution in [0.2, 0.25) is 0 Å². The molecule has 1 saturated heterocycles. The molecule has 2 aromatic rings. The number of hydrogen-bond acceptors (Lipinski definition) is 6. The molecule has 0 saturated carbocycles. The lowest BCUT2D eigenvalue weighted by Gasteiger charge is -2.26. The summed E-state index contributed by atoms with van der Waals surface area (Å²) in [6.45, 7) is 3.95. The molecule has 0 unspecified atom stereocenters. The van der Waals surface area contributed by atoms with E-state index in [-0.39, 0.29) is 11.4 Å². The van der Waals surface area contributed by atoms with E-state index in [1.165, 1.54) is 0 Å². The number of aromatic nitrogens is 2. The largest absolute Gasteiger partial charge is 0.379 e. The first kappa shape index (κ1) is 16.1. The van der Waals surface area contributed by atoms with Crippen LogP contribution in [-0.4, -0.2) is 52.2 Å². The predicted octanol–water partition coefficient (Wildman–Crippen LogP) is 1.40. The standard InChI is InChI=1S/C15H17N5O4/c21-15(14-13(20(22)23)9-16-18-14)17-12-3-1-2-11(8-12)10-19-4-6-24-7-5-19/h1-3,8-9H,4-7,10H2,(H,16,18)(H,17,21). The second-order valence-corrected chi connectivity index (χ2v) is 5.43. The van der Waals surface area contributed by atoms with E-state index in [2.05, 4.69) is 20.4 Å². The number of carbonyl (C=O) groups excluding carboxylic acids is 1. The molecule has 0 atom stereocenters. The van der Waals surface area contributed by atoms with Gasteiger partial charge in [0.1, 0.15) is 6.20 Å². The van der Waals surface area contributed by atoms with Crippen molar-refractivity contribution in [2.24, 2.45) is 0 Å². The van der Waals surface area contributed by atoms with Crippen LogP contribution in [0.1, 0.15) is 16.1 Å². The summed E-state index contributed by atoms with van der Waals surface area (Å²) in [6, 6.07) is 7.41. The van der Waals surface area contributed by atoms with Crippen LogP contribution in [0.3, 0.4) is 0 Å². The Balaban J connectivity index is 1.68. The third-order valence-electron chi connectivity index (χ3n) is 3.74. The Hall–Kier alpha value is -2.78. The number of aromatic amines is 1. The summed E-state index contributed by atoms with van der Waals surface area (Å²) in [7, 11) is 0. The van der Waals surface area contributed by atoms with Gasteiger partial charge in [-0.3, -0.25) is 24.9 Å². The smallest absolute Gasteiger partial charge is 0.319 e. The number of nitrogens with zero attached hydrogens (tertiary/aromatic N) is 3. The van der Waals surface area contributed by atoms with Crippen LogP contribution < -0.4 is 5.32 Å². The maximum absolute atomic E-state index is 12.2. The summed E-state index contributed by atoms with van der Waals surface area (Å²) in [4.78, 5) is 24.7. The SMILES string of the molecule is O=C(Nc1cccc(CN2CCOCC2)c1)c1[nH]ncc1[N+](=O)[O-]. The first-order valence-corrected chi connectivity index (χ1v) is 7.51. The molecule has 3 rings (SSSR count). The van der Waals surface area contributed by atoms with Gasteiger partial charge < -0.3 is 10.1 Å². The lowest BCUT2D eigenvalue weighted by molar-refractivity contribution is -0.385. The Morgan fingerprint density at radius 1 is 1.42 bits per heavy atom. The molecular weight excluding hydrogens is 314 g/mol. The molecule has 2 heterocycles. The molecule has 9 nitrogen and oxygen atoms in total. The van der Waals surface area contributed by atoms with Crippen LogP contribution in [-0.2, 0) is 11.3 Å². The normalized spacial score (nSPS) is 15.2. The van der Waals surface area contributed by atoms with Crippen molar-refractivity contribution in [3.05, 3.63) is 51.8 Å². The molecule has 0 radical (unpaired) electrons. The molecule has 1 aromatic carbocycles. The third-order valence-corrected chi connectivity index (χ3v) is 3.74. The summed E-state index contributed by atoms with van der Waals surface area (Å²) in [5.74, 6) is -0.595. The Kier molecular flexibility index (Phi) is 4.82. The van der Waals surface area contributed by atoms with E-state index in [1.54, 1.807) is 6.07 Å². The Bertz CT molecular complexity index is 739. The van der Waals surface area contributed by atoms with Crippen molar-refractivity contribution >= 4 is 17.3 Å². The number of ether oxygens (including phenoxy) is 1. The monoisotopic (exact) mass is 331 g/mol. The Morgan fingerprint density at radius 3 is 2.96 bits per heavy atom. The van der Waals surface area contributed by atoms with Crippen molar-refractivity contribution in [3.63, 3.8) is 0 Å². The molecule has 126 valence electrons. The van der Waals surface area contributed by atoms with Gasteiger partial charge in [0.2, 0.25) is 5.69 Å². The summed E-state index contributed by atoms with van der Waals surface area (Å²) in [5.41, 5.74) is 1.11. The number of nitrogens with one attached hydrogen (secondary N) is 2. The minimum atomic E-state index is -0.646. The van der Waals surface area contributed by atoms with Crippen LogP contribution in [0.15, 0.2) is 30.5 Å². The number of rotatable bonds is 5. The summed E-state index contributed by atoms with van der Waals surface area (Å²) in [5, 5.41) is 19.4. The zero-order valence-electron chi connectivity index (χ0n) is 12.9. The maximum Gasteiger partial charge on any atom is 0.319 e. The fraction of sp³-hybridized carbons (Fsp3) is 0.333. The van der Waals surface area contributed by atoms with Crippen LogP contribution in [0.4, 0.5) is 11.4 Å². The molecule has 2 N–H and O–H groups in total. The van der Waals surface area contributed by atoms with Gasteiger partial charge in [-0.1, -0.05) is 12.1 Å². The Morgan fingerprint density at radius 2 is 2.21 bits per heavy atom. The van der Waals surface area contributed by atoms with Gasteiger partial charge >= 0.3 is 5.69 Å². The fourth-order valence-electron chi connectivity index (χ4n) is 2.54. The van der Waals surface area contributed by atoms with Crippen molar-refractivity contribution in [1.82, 2.24) is 15.1 Å². The minimum absolute atomic E-state index is 0.168. The van der Waals surface area contributed by atoms with Gasteiger partial charge in [0.15, 0.2) is 0 Å². The first-order valence-electron chi connectivity index (χ1n) is 7.51. The zero-order chi connectivity index (χ0) is 16.9. The van der Waals surface area contributed by atoms with Crippen molar-refractivity contribution in [2.75, 3.05) is 31.6 Å². The lowest BCUT2D eigenvalue weighted by Crippen LogP contribution is -2.35.